The molecule has 1 aromatic carbocycles. The Labute approximate surface area is 110 Å². The lowest BCUT2D eigenvalue weighted by molar-refractivity contribution is 0.0942. The molecule has 0 aliphatic heterocycles. The number of hydrogen-bond donors (Lipinski definition) is 1. The Balaban J connectivity index is 2.53. The minimum absolute atomic E-state index is 0.0518. The Kier molecular flexibility index (Phi) is 6.26. The van der Waals surface area contributed by atoms with Crippen LogP contribution in [0, 0.1) is 0 Å². The Morgan fingerprint density at radius 3 is 2.78 bits per heavy atom. The summed E-state index contributed by atoms with van der Waals surface area (Å²) in [5.74, 6) is 0.714. The van der Waals surface area contributed by atoms with Crippen molar-refractivity contribution in [2.45, 2.75) is 46.1 Å². The van der Waals surface area contributed by atoms with Gasteiger partial charge >= 0.3 is 0 Å². The van der Waals surface area contributed by atoms with E-state index in [0.717, 1.165) is 12.2 Å². The van der Waals surface area contributed by atoms with Crippen LogP contribution in [0.15, 0.2) is 24.3 Å². The molecular formula is C15H23NO2. The number of benzene rings is 1. The summed E-state index contributed by atoms with van der Waals surface area (Å²) >= 11 is 0. The summed E-state index contributed by atoms with van der Waals surface area (Å²) in [6, 6.07) is 7.48. The van der Waals surface area contributed by atoms with Crippen molar-refractivity contribution in [1.29, 1.82) is 0 Å². The molecule has 0 aliphatic carbocycles. The van der Waals surface area contributed by atoms with Crippen LogP contribution < -0.4 is 10.1 Å². The minimum atomic E-state index is -0.0518. The van der Waals surface area contributed by atoms with Crippen LogP contribution >= 0.6 is 0 Å². The largest absolute Gasteiger partial charge is 0.494 e. The molecule has 3 nitrogen and oxygen atoms in total. The van der Waals surface area contributed by atoms with Gasteiger partial charge in [0.15, 0.2) is 0 Å². The van der Waals surface area contributed by atoms with E-state index in [1.807, 2.05) is 26.0 Å². The number of hydrogen-bond acceptors (Lipinski definition) is 2. The lowest BCUT2D eigenvalue weighted by Gasteiger charge is -2.10. The Hall–Kier alpha value is -1.51. The maximum absolute atomic E-state index is 11.8. The second kappa shape index (κ2) is 7.75. The Morgan fingerprint density at radius 2 is 2.11 bits per heavy atom. The van der Waals surface area contributed by atoms with E-state index >= 15 is 0 Å². The third-order valence-electron chi connectivity index (χ3n) is 2.53. The molecule has 0 heterocycles. The number of nitrogens with one attached hydrogen (secondary N) is 1. The molecule has 0 unspecified atom stereocenters. The highest BCUT2D eigenvalue weighted by Crippen LogP contribution is 2.14. The summed E-state index contributed by atoms with van der Waals surface area (Å²) in [5.41, 5.74) is 0.650. The number of carbonyl (C=O) groups excluding carboxylic acids is 1. The van der Waals surface area contributed by atoms with E-state index in [1.165, 1.54) is 12.8 Å². The number of ether oxygens (including phenoxy) is 1. The molecular weight excluding hydrogens is 226 g/mol. The van der Waals surface area contributed by atoms with Gasteiger partial charge in [-0.1, -0.05) is 25.8 Å². The normalized spacial score (nSPS) is 10.4. The van der Waals surface area contributed by atoms with Gasteiger partial charge in [-0.05, 0) is 38.5 Å². The summed E-state index contributed by atoms with van der Waals surface area (Å²) in [6.07, 6.45) is 3.41. The summed E-state index contributed by atoms with van der Waals surface area (Å²) in [7, 11) is 0. The molecule has 1 rings (SSSR count). The standard InChI is InChI=1S/C15H23NO2/c1-4-5-6-10-18-14-9-7-8-13(11-14)15(17)16-12(2)3/h7-9,11-12H,4-6,10H2,1-3H3,(H,16,17). The fourth-order valence-electron chi connectivity index (χ4n) is 1.61. The molecule has 0 aliphatic rings. The predicted molar refractivity (Wildman–Crippen MR) is 74.1 cm³/mol. The van der Waals surface area contributed by atoms with Gasteiger partial charge in [-0.3, -0.25) is 4.79 Å². The molecule has 0 bridgehead atoms. The van der Waals surface area contributed by atoms with Crippen LogP contribution in [0.3, 0.4) is 0 Å². The monoisotopic (exact) mass is 249 g/mol. The van der Waals surface area contributed by atoms with Crippen LogP contribution in [-0.4, -0.2) is 18.6 Å². The van der Waals surface area contributed by atoms with Gasteiger partial charge < -0.3 is 10.1 Å². The summed E-state index contributed by atoms with van der Waals surface area (Å²) in [4.78, 5) is 11.8. The molecule has 0 fully saturated rings. The lowest BCUT2D eigenvalue weighted by Crippen LogP contribution is -2.30. The highest BCUT2D eigenvalue weighted by molar-refractivity contribution is 5.94. The van der Waals surface area contributed by atoms with Crippen molar-refractivity contribution in [3.05, 3.63) is 29.8 Å². The van der Waals surface area contributed by atoms with Gasteiger partial charge in [0.2, 0.25) is 0 Å². The van der Waals surface area contributed by atoms with Crippen LogP contribution in [0.1, 0.15) is 50.4 Å². The molecule has 1 N–H and O–H groups in total. The molecule has 0 saturated heterocycles. The quantitative estimate of drug-likeness (QED) is 0.752. The maximum atomic E-state index is 11.8. The van der Waals surface area contributed by atoms with Crippen molar-refractivity contribution in [1.82, 2.24) is 5.32 Å². The van der Waals surface area contributed by atoms with Gasteiger partial charge in [-0.25, -0.2) is 0 Å². The number of unbranched alkanes of at least 4 members (excludes halogenated alkanes) is 2. The molecule has 100 valence electrons. The first-order valence-corrected chi connectivity index (χ1v) is 6.67. The van der Waals surface area contributed by atoms with Gasteiger partial charge in [0, 0.05) is 11.6 Å². The zero-order valence-electron chi connectivity index (χ0n) is 11.5. The van der Waals surface area contributed by atoms with Crippen LogP contribution in [0.2, 0.25) is 0 Å². The van der Waals surface area contributed by atoms with Crippen molar-refractivity contribution in [3.63, 3.8) is 0 Å². The van der Waals surface area contributed by atoms with Gasteiger partial charge in [0.05, 0.1) is 6.61 Å². The highest BCUT2D eigenvalue weighted by Gasteiger charge is 2.07. The van der Waals surface area contributed by atoms with Crippen molar-refractivity contribution in [2.24, 2.45) is 0 Å². The molecule has 0 spiro atoms. The topological polar surface area (TPSA) is 38.3 Å². The van der Waals surface area contributed by atoms with Crippen molar-refractivity contribution in [3.8, 4) is 5.75 Å². The molecule has 0 aromatic heterocycles. The number of amides is 1. The van der Waals surface area contributed by atoms with E-state index in [-0.39, 0.29) is 11.9 Å². The van der Waals surface area contributed by atoms with Crippen LogP contribution in [0.25, 0.3) is 0 Å². The maximum Gasteiger partial charge on any atom is 0.251 e. The van der Waals surface area contributed by atoms with Crippen LogP contribution in [0.5, 0.6) is 5.75 Å². The predicted octanol–water partition coefficient (Wildman–Crippen LogP) is 3.39. The molecule has 0 radical (unpaired) electrons. The Morgan fingerprint density at radius 1 is 1.33 bits per heavy atom. The second-order valence-corrected chi connectivity index (χ2v) is 4.71. The first-order chi connectivity index (χ1) is 8.63. The molecule has 1 amide bonds. The summed E-state index contributed by atoms with van der Waals surface area (Å²) in [6.45, 7) is 6.77. The summed E-state index contributed by atoms with van der Waals surface area (Å²) < 4.78 is 5.62. The first kappa shape index (κ1) is 14.6. The van der Waals surface area contributed by atoms with Gasteiger partial charge in [-0.15, -0.1) is 0 Å². The SMILES string of the molecule is CCCCCOc1cccc(C(=O)NC(C)C)c1. The molecule has 18 heavy (non-hydrogen) atoms. The number of carbonyl (C=O) groups is 1. The molecule has 0 saturated carbocycles. The average molecular weight is 249 g/mol. The second-order valence-electron chi connectivity index (χ2n) is 4.71. The van der Waals surface area contributed by atoms with Gasteiger partial charge in [0.1, 0.15) is 5.75 Å². The smallest absolute Gasteiger partial charge is 0.251 e. The van der Waals surface area contributed by atoms with Crippen molar-refractivity contribution in [2.75, 3.05) is 6.61 Å². The Bertz CT molecular complexity index is 375. The third-order valence-corrected chi connectivity index (χ3v) is 2.53. The zero-order chi connectivity index (χ0) is 13.4. The zero-order valence-corrected chi connectivity index (χ0v) is 11.5. The fraction of sp³-hybridized carbons (Fsp3) is 0.533. The first-order valence-electron chi connectivity index (χ1n) is 6.67. The van der Waals surface area contributed by atoms with E-state index in [0.29, 0.717) is 12.2 Å². The van der Waals surface area contributed by atoms with Gasteiger partial charge in [0.25, 0.3) is 5.91 Å². The average Bonchev–Trinajstić information content (AvgIpc) is 2.34. The van der Waals surface area contributed by atoms with E-state index in [1.54, 1.807) is 12.1 Å². The molecule has 0 atom stereocenters. The summed E-state index contributed by atoms with van der Waals surface area (Å²) in [5, 5.41) is 2.87. The molecule has 3 heteroatoms. The number of rotatable bonds is 7. The van der Waals surface area contributed by atoms with Crippen LogP contribution in [-0.2, 0) is 0 Å². The third kappa shape index (κ3) is 5.21. The van der Waals surface area contributed by atoms with Crippen molar-refractivity contribution >= 4 is 5.91 Å². The van der Waals surface area contributed by atoms with Crippen LogP contribution in [0.4, 0.5) is 0 Å². The van der Waals surface area contributed by atoms with E-state index in [2.05, 4.69) is 12.2 Å². The fourth-order valence-corrected chi connectivity index (χ4v) is 1.61. The minimum Gasteiger partial charge on any atom is -0.494 e. The molecule has 1 aromatic rings. The van der Waals surface area contributed by atoms with E-state index in [9.17, 15) is 4.79 Å². The van der Waals surface area contributed by atoms with E-state index < -0.39 is 0 Å². The lowest BCUT2D eigenvalue weighted by atomic mass is 10.2. The van der Waals surface area contributed by atoms with Gasteiger partial charge in [-0.2, -0.15) is 0 Å². The highest BCUT2D eigenvalue weighted by atomic mass is 16.5. The van der Waals surface area contributed by atoms with E-state index in [4.69, 9.17) is 4.74 Å². The van der Waals surface area contributed by atoms with Crippen molar-refractivity contribution < 1.29 is 9.53 Å².